The van der Waals surface area contributed by atoms with Crippen LogP contribution in [0.5, 0.6) is 0 Å². The van der Waals surface area contributed by atoms with Crippen LogP contribution in [0, 0.1) is 0 Å². The van der Waals surface area contributed by atoms with Crippen LogP contribution in [0.15, 0.2) is 0 Å². The van der Waals surface area contributed by atoms with E-state index >= 15 is 0 Å². The van der Waals surface area contributed by atoms with Gasteiger partial charge in [0, 0.05) is 19.1 Å². The number of aliphatic carboxylic acids is 1. The summed E-state index contributed by atoms with van der Waals surface area (Å²) in [7, 11) is 2.08. The molecule has 6 nitrogen and oxygen atoms in total. The van der Waals surface area contributed by atoms with E-state index in [2.05, 4.69) is 22.6 Å². The first-order valence-corrected chi connectivity index (χ1v) is 8.90. The van der Waals surface area contributed by atoms with E-state index in [1.807, 2.05) is 6.26 Å². The third kappa shape index (κ3) is 7.04. The number of likely N-dealkylation sites (N-methyl/N-ethyl adjacent to an activating group) is 1. The zero-order chi connectivity index (χ0) is 15.7. The summed E-state index contributed by atoms with van der Waals surface area (Å²) in [6.07, 6.45) is 7.40. The van der Waals surface area contributed by atoms with Gasteiger partial charge in [0.05, 0.1) is 0 Å². The average Bonchev–Trinajstić information content (AvgIpc) is 2.97. The number of carboxylic acid groups (broad SMARTS) is 1. The molecular formula is C14H27N3O3S. The molecule has 0 heterocycles. The summed E-state index contributed by atoms with van der Waals surface area (Å²) >= 11 is 1.57. The van der Waals surface area contributed by atoms with Crippen LogP contribution < -0.4 is 10.6 Å². The first-order valence-electron chi connectivity index (χ1n) is 7.51. The Morgan fingerprint density at radius 3 is 2.62 bits per heavy atom. The van der Waals surface area contributed by atoms with E-state index in [0.717, 1.165) is 6.54 Å². The van der Waals surface area contributed by atoms with Crippen molar-refractivity contribution in [1.29, 1.82) is 0 Å². The highest BCUT2D eigenvalue weighted by Gasteiger charge is 2.20. The SMILES string of the molecule is CSCC[C@H](NC(=O)NCCN(C)C1CCCC1)C(=O)O. The molecule has 0 aromatic rings. The first kappa shape index (κ1) is 18.1. The average molecular weight is 317 g/mol. The van der Waals surface area contributed by atoms with E-state index in [1.54, 1.807) is 11.8 Å². The third-order valence-electron chi connectivity index (χ3n) is 3.91. The van der Waals surface area contributed by atoms with E-state index in [9.17, 15) is 9.59 Å². The van der Waals surface area contributed by atoms with Crippen molar-refractivity contribution in [2.24, 2.45) is 0 Å². The number of hydrogen-bond acceptors (Lipinski definition) is 4. The predicted molar refractivity (Wildman–Crippen MR) is 85.8 cm³/mol. The van der Waals surface area contributed by atoms with Crippen LogP contribution in [-0.4, -0.2) is 66.2 Å². The number of urea groups is 1. The second-order valence-electron chi connectivity index (χ2n) is 5.49. The van der Waals surface area contributed by atoms with Gasteiger partial charge < -0.3 is 20.6 Å². The molecule has 2 amide bonds. The van der Waals surface area contributed by atoms with Gasteiger partial charge in [-0.15, -0.1) is 0 Å². The summed E-state index contributed by atoms with van der Waals surface area (Å²) in [5.41, 5.74) is 0. The molecule has 3 N–H and O–H groups in total. The second kappa shape index (κ2) is 9.89. The summed E-state index contributed by atoms with van der Waals surface area (Å²) in [4.78, 5) is 25.0. The lowest BCUT2D eigenvalue weighted by atomic mass is 10.2. The van der Waals surface area contributed by atoms with Gasteiger partial charge in [-0.2, -0.15) is 11.8 Å². The van der Waals surface area contributed by atoms with Crippen LogP contribution in [0.4, 0.5) is 4.79 Å². The molecule has 1 atom stereocenters. The summed E-state index contributed by atoms with van der Waals surface area (Å²) < 4.78 is 0. The Labute approximate surface area is 131 Å². The normalized spacial score (nSPS) is 16.9. The van der Waals surface area contributed by atoms with Gasteiger partial charge in [0.15, 0.2) is 0 Å². The molecule has 0 radical (unpaired) electrons. The number of carbonyl (C=O) groups is 2. The zero-order valence-corrected chi connectivity index (χ0v) is 13.7. The van der Waals surface area contributed by atoms with Crippen LogP contribution in [0.2, 0.25) is 0 Å². The van der Waals surface area contributed by atoms with Gasteiger partial charge in [0.1, 0.15) is 6.04 Å². The molecular weight excluding hydrogens is 290 g/mol. The minimum atomic E-state index is -0.984. The lowest BCUT2D eigenvalue weighted by molar-refractivity contribution is -0.139. The van der Waals surface area contributed by atoms with Gasteiger partial charge in [0.25, 0.3) is 0 Å². The highest BCUT2D eigenvalue weighted by atomic mass is 32.2. The van der Waals surface area contributed by atoms with Gasteiger partial charge in [-0.1, -0.05) is 12.8 Å². The van der Waals surface area contributed by atoms with Gasteiger partial charge in [-0.25, -0.2) is 9.59 Å². The van der Waals surface area contributed by atoms with Crippen molar-refractivity contribution >= 4 is 23.8 Å². The summed E-state index contributed by atoms with van der Waals surface area (Å²) in [6, 6.07) is -0.587. The van der Waals surface area contributed by atoms with Crippen molar-refractivity contribution < 1.29 is 14.7 Å². The first-order chi connectivity index (χ1) is 10.0. The Kier molecular flexibility index (Phi) is 8.52. The molecule has 1 aliphatic carbocycles. The molecule has 7 heteroatoms. The molecule has 0 bridgehead atoms. The fourth-order valence-electron chi connectivity index (χ4n) is 2.58. The van der Waals surface area contributed by atoms with Crippen molar-refractivity contribution in [3.05, 3.63) is 0 Å². The molecule has 0 unspecified atom stereocenters. The van der Waals surface area contributed by atoms with Crippen LogP contribution in [0.3, 0.4) is 0 Å². The number of carboxylic acids is 1. The van der Waals surface area contributed by atoms with Crippen LogP contribution in [0.25, 0.3) is 0 Å². The maximum Gasteiger partial charge on any atom is 0.326 e. The summed E-state index contributed by atoms with van der Waals surface area (Å²) in [5.74, 6) is -0.274. The lowest BCUT2D eigenvalue weighted by Gasteiger charge is -2.24. The van der Waals surface area contributed by atoms with Crippen molar-refractivity contribution in [2.75, 3.05) is 32.1 Å². The number of amides is 2. The number of carbonyl (C=O) groups excluding carboxylic acids is 1. The van der Waals surface area contributed by atoms with Crippen molar-refractivity contribution in [3.63, 3.8) is 0 Å². The minimum absolute atomic E-state index is 0.400. The van der Waals surface area contributed by atoms with E-state index in [-0.39, 0.29) is 0 Å². The van der Waals surface area contributed by atoms with Crippen molar-refractivity contribution in [3.8, 4) is 0 Å². The minimum Gasteiger partial charge on any atom is -0.480 e. The predicted octanol–water partition coefficient (Wildman–Crippen LogP) is 1.37. The zero-order valence-electron chi connectivity index (χ0n) is 12.9. The molecule has 0 aromatic carbocycles. The molecule has 21 heavy (non-hydrogen) atoms. The van der Waals surface area contributed by atoms with Crippen molar-refractivity contribution in [2.45, 2.75) is 44.2 Å². The highest BCUT2D eigenvalue weighted by Crippen LogP contribution is 2.21. The quantitative estimate of drug-likeness (QED) is 0.598. The third-order valence-corrected chi connectivity index (χ3v) is 4.56. The monoisotopic (exact) mass is 317 g/mol. The topological polar surface area (TPSA) is 81.7 Å². The second-order valence-corrected chi connectivity index (χ2v) is 6.48. The fourth-order valence-corrected chi connectivity index (χ4v) is 3.05. The molecule has 0 aromatic heterocycles. The number of thioether (sulfide) groups is 1. The van der Waals surface area contributed by atoms with Gasteiger partial charge >= 0.3 is 12.0 Å². The summed E-state index contributed by atoms with van der Waals surface area (Å²) in [6.45, 7) is 1.33. The Morgan fingerprint density at radius 2 is 2.05 bits per heavy atom. The summed E-state index contributed by atoms with van der Waals surface area (Å²) in [5, 5.41) is 14.3. The Hall–Kier alpha value is -0.950. The molecule has 1 saturated carbocycles. The smallest absolute Gasteiger partial charge is 0.326 e. The molecule has 1 aliphatic rings. The van der Waals surface area contributed by atoms with Gasteiger partial charge in [0.2, 0.25) is 0 Å². The maximum atomic E-state index is 11.7. The lowest BCUT2D eigenvalue weighted by Crippen LogP contribution is -2.48. The molecule has 1 rings (SSSR count). The Bertz CT molecular complexity index is 335. The van der Waals surface area contributed by atoms with Gasteiger partial charge in [-0.3, -0.25) is 0 Å². The van der Waals surface area contributed by atoms with E-state index < -0.39 is 18.0 Å². The molecule has 0 spiro atoms. The van der Waals surface area contributed by atoms with Crippen LogP contribution in [-0.2, 0) is 4.79 Å². The highest BCUT2D eigenvalue weighted by molar-refractivity contribution is 7.98. The number of rotatable bonds is 9. The number of nitrogens with one attached hydrogen (secondary N) is 2. The number of nitrogens with zero attached hydrogens (tertiary/aromatic N) is 1. The van der Waals surface area contributed by atoms with Crippen LogP contribution in [0.1, 0.15) is 32.1 Å². The van der Waals surface area contributed by atoms with Gasteiger partial charge in [-0.05, 0) is 38.3 Å². The Balaban J connectivity index is 2.20. The number of hydrogen-bond donors (Lipinski definition) is 3. The van der Waals surface area contributed by atoms with E-state index in [1.165, 1.54) is 25.7 Å². The molecule has 122 valence electrons. The molecule has 0 saturated heterocycles. The standard InChI is InChI=1S/C14H27N3O3S/c1-17(11-5-3-4-6-11)9-8-15-14(20)16-12(13(18)19)7-10-21-2/h11-12H,3-10H2,1-2H3,(H,18,19)(H2,15,16,20)/t12-/m0/s1. The van der Waals surface area contributed by atoms with Crippen molar-refractivity contribution in [1.82, 2.24) is 15.5 Å². The largest absolute Gasteiger partial charge is 0.480 e. The molecule has 1 fully saturated rings. The van der Waals surface area contributed by atoms with Crippen LogP contribution >= 0.6 is 11.8 Å². The van der Waals surface area contributed by atoms with E-state index in [0.29, 0.717) is 24.8 Å². The molecule has 0 aliphatic heterocycles. The maximum absolute atomic E-state index is 11.7. The van der Waals surface area contributed by atoms with E-state index in [4.69, 9.17) is 5.11 Å². The fraction of sp³-hybridized carbons (Fsp3) is 0.857. The Morgan fingerprint density at radius 1 is 1.38 bits per heavy atom.